The summed E-state index contributed by atoms with van der Waals surface area (Å²) >= 11 is 0. The monoisotopic (exact) mass is 270 g/mol. The summed E-state index contributed by atoms with van der Waals surface area (Å²) in [5, 5.41) is 0. The third kappa shape index (κ3) is 4.50. The Morgan fingerprint density at radius 2 is 1.63 bits per heavy atom. The van der Waals surface area contributed by atoms with Crippen LogP contribution in [-0.4, -0.2) is 8.07 Å². The van der Waals surface area contributed by atoms with Gasteiger partial charge in [0.2, 0.25) is 0 Å². The lowest BCUT2D eigenvalue weighted by Gasteiger charge is -2.32. The smallest absolute Gasteiger partial charge is 0.0747 e. The lowest BCUT2D eigenvalue weighted by atomic mass is 10.0. The molecule has 0 heterocycles. The van der Waals surface area contributed by atoms with Gasteiger partial charge >= 0.3 is 0 Å². The van der Waals surface area contributed by atoms with Crippen LogP contribution in [-0.2, 0) is 0 Å². The fourth-order valence-corrected chi connectivity index (χ4v) is 5.79. The molecule has 1 heteroatoms. The molecule has 0 spiro atoms. The van der Waals surface area contributed by atoms with E-state index < -0.39 is 8.07 Å². The van der Waals surface area contributed by atoms with Crippen LogP contribution < -0.4 is 0 Å². The first kappa shape index (κ1) is 14.3. The molecule has 19 heavy (non-hydrogen) atoms. The number of benzene rings is 1. The minimum Gasteiger partial charge on any atom is -0.0945 e. The lowest BCUT2D eigenvalue weighted by molar-refractivity contribution is 0.494. The third-order valence-corrected chi connectivity index (χ3v) is 8.12. The number of hydrogen-bond acceptors (Lipinski definition) is 0. The predicted octanol–water partition coefficient (Wildman–Crippen LogP) is 5.84. The van der Waals surface area contributed by atoms with Crippen LogP contribution in [0.4, 0.5) is 0 Å². The Hall–Kier alpha value is -1.08. The molecule has 0 aromatic heterocycles. The zero-order valence-corrected chi connectivity index (χ0v) is 13.3. The van der Waals surface area contributed by atoms with Gasteiger partial charge in [-0.05, 0) is 11.1 Å². The van der Waals surface area contributed by atoms with Gasteiger partial charge in [0.15, 0.2) is 0 Å². The van der Waals surface area contributed by atoms with Crippen molar-refractivity contribution in [1.82, 2.24) is 0 Å². The van der Waals surface area contributed by atoms with E-state index in [0.717, 1.165) is 5.54 Å². The average molecular weight is 270 g/mol. The largest absolute Gasteiger partial charge is 0.0945 e. The Morgan fingerprint density at radius 1 is 0.947 bits per heavy atom. The van der Waals surface area contributed by atoms with E-state index in [1.165, 1.54) is 37.7 Å². The van der Waals surface area contributed by atoms with Gasteiger partial charge in [-0.15, -0.1) is 0 Å². The van der Waals surface area contributed by atoms with Crippen LogP contribution in [0, 0.1) is 0 Å². The van der Waals surface area contributed by atoms with E-state index in [0.29, 0.717) is 0 Å². The highest BCUT2D eigenvalue weighted by atomic mass is 28.3. The quantitative estimate of drug-likeness (QED) is 0.476. The Bertz CT molecular complexity index is 422. The maximum atomic E-state index is 2.53. The second-order valence-electron chi connectivity index (χ2n) is 6.29. The van der Waals surface area contributed by atoms with Crippen molar-refractivity contribution >= 4 is 14.1 Å². The molecule has 102 valence electrons. The molecule has 0 nitrogen and oxygen atoms in total. The summed E-state index contributed by atoms with van der Waals surface area (Å²) in [7, 11) is -1.17. The summed E-state index contributed by atoms with van der Waals surface area (Å²) in [6.45, 7) is 5.05. The number of rotatable bonds is 4. The highest BCUT2D eigenvalue weighted by Crippen LogP contribution is 2.37. The van der Waals surface area contributed by atoms with Gasteiger partial charge in [-0.25, -0.2) is 0 Å². The van der Waals surface area contributed by atoms with Crippen molar-refractivity contribution in [1.29, 1.82) is 0 Å². The highest BCUT2D eigenvalue weighted by Gasteiger charge is 2.29. The lowest BCUT2D eigenvalue weighted by Crippen LogP contribution is -2.31. The first-order valence-electron chi connectivity index (χ1n) is 7.59. The molecule has 0 bridgehead atoms. The van der Waals surface area contributed by atoms with Gasteiger partial charge in [0, 0.05) is 0 Å². The minimum absolute atomic E-state index is 1.00. The van der Waals surface area contributed by atoms with E-state index in [-0.39, 0.29) is 0 Å². The minimum atomic E-state index is -1.17. The van der Waals surface area contributed by atoms with Gasteiger partial charge in [-0.2, -0.15) is 0 Å². The van der Waals surface area contributed by atoms with E-state index >= 15 is 0 Å². The van der Waals surface area contributed by atoms with Crippen molar-refractivity contribution in [2.24, 2.45) is 0 Å². The van der Waals surface area contributed by atoms with Crippen LogP contribution in [0.2, 0.25) is 18.6 Å². The zero-order valence-electron chi connectivity index (χ0n) is 12.3. The van der Waals surface area contributed by atoms with Crippen molar-refractivity contribution in [3.05, 3.63) is 53.7 Å². The van der Waals surface area contributed by atoms with Gasteiger partial charge in [0.05, 0.1) is 8.07 Å². The Morgan fingerprint density at radius 3 is 2.32 bits per heavy atom. The molecule has 0 saturated heterocycles. The van der Waals surface area contributed by atoms with Gasteiger partial charge in [0.25, 0.3) is 0 Å². The zero-order chi connectivity index (χ0) is 13.6. The summed E-state index contributed by atoms with van der Waals surface area (Å²) < 4.78 is 0. The summed E-state index contributed by atoms with van der Waals surface area (Å²) in [5.41, 5.74) is 4.81. The fraction of sp³-hybridized carbons (Fsp3) is 0.444. The molecule has 1 aliphatic carbocycles. The van der Waals surface area contributed by atoms with Crippen LogP contribution in [0.15, 0.2) is 48.2 Å². The summed E-state index contributed by atoms with van der Waals surface area (Å²) in [4.78, 5) is 0. The van der Waals surface area contributed by atoms with E-state index in [1.54, 1.807) is 0 Å². The molecular formula is C18H26Si. The molecule has 0 aliphatic heterocycles. The van der Waals surface area contributed by atoms with Gasteiger partial charge in [0.1, 0.15) is 0 Å². The Labute approximate surface area is 119 Å². The normalized spacial score (nSPS) is 18.4. The maximum absolute atomic E-state index is 2.53. The molecule has 0 unspecified atom stereocenters. The SMILES string of the molecule is C[Si](C)(/C=C/C=C/c1ccccc1)C1CCCCC1. The molecule has 0 amide bonds. The van der Waals surface area contributed by atoms with Crippen LogP contribution in [0.25, 0.3) is 6.08 Å². The second-order valence-corrected chi connectivity index (χ2v) is 11.1. The van der Waals surface area contributed by atoms with E-state index in [2.05, 4.69) is 67.4 Å². The van der Waals surface area contributed by atoms with E-state index in [1.807, 2.05) is 0 Å². The molecule has 0 N–H and O–H groups in total. The summed E-state index contributed by atoms with van der Waals surface area (Å²) in [6.07, 6.45) is 14.0. The molecule has 0 atom stereocenters. The predicted molar refractivity (Wildman–Crippen MR) is 88.9 cm³/mol. The molecule has 1 saturated carbocycles. The summed E-state index contributed by atoms with van der Waals surface area (Å²) in [5.74, 6) is 0. The van der Waals surface area contributed by atoms with Crippen molar-refractivity contribution in [3.63, 3.8) is 0 Å². The summed E-state index contributed by atoms with van der Waals surface area (Å²) in [6, 6.07) is 10.5. The second kappa shape index (κ2) is 6.90. The molecule has 0 radical (unpaired) electrons. The number of allylic oxidation sites excluding steroid dienone is 2. The van der Waals surface area contributed by atoms with Gasteiger partial charge in [-0.3, -0.25) is 0 Å². The first-order chi connectivity index (χ1) is 9.18. The van der Waals surface area contributed by atoms with Crippen LogP contribution in [0.5, 0.6) is 0 Å². The van der Waals surface area contributed by atoms with Gasteiger partial charge < -0.3 is 0 Å². The average Bonchev–Trinajstić information content (AvgIpc) is 2.46. The topological polar surface area (TPSA) is 0 Å². The van der Waals surface area contributed by atoms with E-state index in [4.69, 9.17) is 0 Å². The third-order valence-electron chi connectivity index (χ3n) is 4.38. The van der Waals surface area contributed by atoms with Crippen LogP contribution in [0.1, 0.15) is 37.7 Å². The molecule has 1 aliphatic rings. The molecule has 1 aromatic rings. The Kier molecular flexibility index (Phi) is 5.21. The van der Waals surface area contributed by atoms with Crippen molar-refractivity contribution in [3.8, 4) is 0 Å². The highest BCUT2D eigenvalue weighted by molar-refractivity contribution is 6.83. The maximum Gasteiger partial charge on any atom is 0.0747 e. The molecule has 2 rings (SSSR count). The van der Waals surface area contributed by atoms with Crippen molar-refractivity contribution in [2.75, 3.05) is 0 Å². The van der Waals surface area contributed by atoms with Crippen molar-refractivity contribution in [2.45, 2.75) is 50.7 Å². The number of hydrogen-bond donors (Lipinski definition) is 0. The first-order valence-corrected chi connectivity index (χ1v) is 10.7. The molecule has 1 aromatic carbocycles. The van der Waals surface area contributed by atoms with Crippen LogP contribution >= 0.6 is 0 Å². The Balaban J connectivity index is 1.91. The molecule has 1 fully saturated rings. The molecular weight excluding hydrogens is 244 g/mol. The fourth-order valence-electron chi connectivity index (χ4n) is 3.02. The van der Waals surface area contributed by atoms with Gasteiger partial charge in [-0.1, -0.05) is 99.5 Å². The van der Waals surface area contributed by atoms with Crippen LogP contribution in [0.3, 0.4) is 0 Å². The van der Waals surface area contributed by atoms with E-state index in [9.17, 15) is 0 Å². The standard InChI is InChI=1S/C18H26Si/c1-19(2,18-14-7-4-8-15-18)16-10-9-13-17-11-5-3-6-12-17/h3,5-6,9-13,16,18H,4,7-8,14-15H2,1-2H3/b13-9+,16-10+. The van der Waals surface area contributed by atoms with Crippen molar-refractivity contribution < 1.29 is 0 Å².